The second-order valence-corrected chi connectivity index (χ2v) is 3.20. The monoisotopic (exact) mass is 202 g/mol. The Morgan fingerprint density at radius 1 is 1.40 bits per heavy atom. The number of hydrogen-bond donors (Lipinski definition) is 1. The smallest absolute Gasteiger partial charge is 0.270 e. The molecule has 0 aliphatic rings. The summed E-state index contributed by atoms with van der Waals surface area (Å²) in [4.78, 5) is 10.8. The summed E-state index contributed by atoms with van der Waals surface area (Å²) in [6, 6.07) is 7.69. The van der Waals surface area contributed by atoms with Crippen LogP contribution < -0.4 is 5.73 Å². The molecule has 2 aromatic rings. The highest BCUT2D eigenvalue weighted by molar-refractivity contribution is 5.90. The van der Waals surface area contributed by atoms with Crippen LogP contribution >= 0.6 is 0 Å². The van der Waals surface area contributed by atoms with Gasteiger partial charge in [-0.2, -0.15) is 0 Å². The van der Waals surface area contributed by atoms with E-state index in [2.05, 4.69) is 10.3 Å². The van der Waals surface area contributed by atoms with Crippen LogP contribution in [0.1, 0.15) is 16.1 Å². The Kier molecular flexibility index (Phi) is 2.21. The largest absolute Gasteiger partial charge is 0.364 e. The fraction of sp³-hybridized carbons (Fsp3) is 0.100. The van der Waals surface area contributed by atoms with Gasteiger partial charge in [-0.1, -0.05) is 23.4 Å². The number of nitrogens with zero attached hydrogens (tertiary/aromatic N) is 3. The number of hydrogen-bond acceptors (Lipinski definition) is 3. The van der Waals surface area contributed by atoms with Crippen LogP contribution in [0.25, 0.3) is 5.69 Å². The second-order valence-electron chi connectivity index (χ2n) is 3.20. The molecule has 5 heteroatoms. The molecule has 0 fully saturated rings. The zero-order valence-electron chi connectivity index (χ0n) is 8.21. The van der Waals surface area contributed by atoms with Crippen LogP contribution in [0.5, 0.6) is 0 Å². The topological polar surface area (TPSA) is 73.8 Å². The van der Waals surface area contributed by atoms with Crippen molar-refractivity contribution in [1.82, 2.24) is 15.0 Å². The van der Waals surface area contributed by atoms with Crippen molar-refractivity contribution in [3.63, 3.8) is 0 Å². The Balaban J connectivity index is 2.46. The van der Waals surface area contributed by atoms with Gasteiger partial charge in [0.2, 0.25) is 0 Å². The molecule has 2 rings (SSSR count). The molecule has 1 amide bonds. The van der Waals surface area contributed by atoms with Crippen molar-refractivity contribution in [2.45, 2.75) is 6.92 Å². The number of rotatable bonds is 2. The van der Waals surface area contributed by atoms with Gasteiger partial charge in [0.25, 0.3) is 5.91 Å². The first-order valence-corrected chi connectivity index (χ1v) is 4.46. The molecule has 2 N–H and O–H groups in total. The minimum atomic E-state index is -0.574. The van der Waals surface area contributed by atoms with Crippen LogP contribution in [0.15, 0.2) is 30.5 Å². The molecule has 0 radical (unpaired) electrons. The van der Waals surface area contributed by atoms with Crippen LogP contribution in [-0.4, -0.2) is 20.9 Å². The van der Waals surface area contributed by atoms with E-state index in [0.717, 1.165) is 11.3 Å². The van der Waals surface area contributed by atoms with Gasteiger partial charge in [0, 0.05) is 0 Å². The fourth-order valence-corrected chi connectivity index (χ4v) is 1.31. The lowest BCUT2D eigenvalue weighted by atomic mass is 10.2. The van der Waals surface area contributed by atoms with Crippen molar-refractivity contribution < 1.29 is 4.79 Å². The number of carbonyl (C=O) groups excluding carboxylic acids is 1. The highest BCUT2D eigenvalue weighted by atomic mass is 16.1. The highest BCUT2D eigenvalue weighted by Gasteiger charge is 2.08. The molecule has 0 bridgehead atoms. The number of aromatic nitrogens is 3. The first-order chi connectivity index (χ1) is 7.18. The number of carbonyl (C=O) groups is 1. The Hall–Kier alpha value is -2.17. The third-order valence-corrected chi connectivity index (χ3v) is 2.11. The summed E-state index contributed by atoms with van der Waals surface area (Å²) in [5.41, 5.74) is 7.19. The molecule has 5 nitrogen and oxygen atoms in total. The molecule has 0 unspecified atom stereocenters. The molecule has 0 spiro atoms. The van der Waals surface area contributed by atoms with Gasteiger partial charge in [-0.3, -0.25) is 4.79 Å². The number of para-hydroxylation sites is 1. The maximum atomic E-state index is 10.8. The summed E-state index contributed by atoms with van der Waals surface area (Å²) in [5.74, 6) is -0.574. The van der Waals surface area contributed by atoms with Crippen LogP contribution in [0.4, 0.5) is 0 Å². The van der Waals surface area contributed by atoms with Crippen molar-refractivity contribution in [1.29, 1.82) is 0 Å². The summed E-state index contributed by atoms with van der Waals surface area (Å²) >= 11 is 0. The quantitative estimate of drug-likeness (QED) is 0.778. The van der Waals surface area contributed by atoms with Crippen LogP contribution in [0.3, 0.4) is 0 Å². The molecule has 1 heterocycles. The summed E-state index contributed by atoms with van der Waals surface area (Å²) < 4.78 is 1.54. The average Bonchev–Trinajstić information content (AvgIpc) is 2.67. The molecule has 0 aliphatic carbocycles. The van der Waals surface area contributed by atoms with Crippen molar-refractivity contribution in [2.75, 3.05) is 0 Å². The van der Waals surface area contributed by atoms with Gasteiger partial charge >= 0.3 is 0 Å². The predicted octanol–water partition coefficient (Wildman–Crippen LogP) is 0.675. The lowest BCUT2D eigenvalue weighted by molar-refractivity contribution is 0.0995. The fourth-order valence-electron chi connectivity index (χ4n) is 1.31. The zero-order chi connectivity index (χ0) is 10.8. The van der Waals surface area contributed by atoms with Crippen LogP contribution in [0.2, 0.25) is 0 Å². The minimum absolute atomic E-state index is 0.165. The maximum absolute atomic E-state index is 10.8. The third kappa shape index (κ3) is 1.71. The van der Waals surface area contributed by atoms with E-state index in [1.807, 2.05) is 31.2 Å². The zero-order valence-corrected chi connectivity index (χ0v) is 8.21. The number of aryl methyl sites for hydroxylation is 1. The van der Waals surface area contributed by atoms with E-state index in [1.165, 1.54) is 10.9 Å². The van der Waals surface area contributed by atoms with Gasteiger partial charge in [-0.25, -0.2) is 4.68 Å². The third-order valence-electron chi connectivity index (χ3n) is 2.11. The van der Waals surface area contributed by atoms with E-state index < -0.39 is 5.91 Å². The van der Waals surface area contributed by atoms with Gasteiger partial charge < -0.3 is 5.73 Å². The molecular formula is C10H10N4O. The lowest BCUT2D eigenvalue weighted by Crippen LogP contribution is -2.11. The van der Waals surface area contributed by atoms with Crippen molar-refractivity contribution in [3.8, 4) is 5.69 Å². The summed E-state index contributed by atoms with van der Waals surface area (Å²) in [6.07, 6.45) is 1.52. The first-order valence-electron chi connectivity index (χ1n) is 4.46. The van der Waals surface area contributed by atoms with E-state index in [9.17, 15) is 4.79 Å². The Labute approximate surface area is 86.5 Å². The molecule has 0 saturated carbocycles. The van der Waals surface area contributed by atoms with E-state index in [1.54, 1.807) is 0 Å². The standard InChI is InChI=1S/C10H10N4O/c1-7-4-2-3-5-9(7)14-6-8(10(11)15)12-13-14/h2-6H,1H3,(H2,11,15). The summed E-state index contributed by atoms with van der Waals surface area (Å²) in [5, 5.41) is 7.51. The van der Waals surface area contributed by atoms with Gasteiger partial charge in [-0.05, 0) is 18.6 Å². The minimum Gasteiger partial charge on any atom is -0.364 e. The molecule has 0 saturated heterocycles. The van der Waals surface area contributed by atoms with E-state index >= 15 is 0 Å². The van der Waals surface area contributed by atoms with Crippen molar-refractivity contribution >= 4 is 5.91 Å². The molecule has 1 aromatic heterocycles. The van der Waals surface area contributed by atoms with Crippen LogP contribution in [-0.2, 0) is 0 Å². The summed E-state index contributed by atoms with van der Waals surface area (Å²) in [6.45, 7) is 1.96. The molecule has 15 heavy (non-hydrogen) atoms. The molecular weight excluding hydrogens is 192 g/mol. The molecule has 1 aromatic carbocycles. The van der Waals surface area contributed by atoms with Crippen molar-refractivity contribution in [3.05, 3.63) is 41.7 Å². The summed E-state index contributed by atoms with van der Waals surface area (Å²) in [7, 11) is 0. The Morgan fingerprint density at radius 2 is 2.13 bits per heavy atom. The predicted molar refractivity (Wildman–Crippen MR) is 54.6 cm³/mol. The van der Waals surface area contributed by atoms with Crippen molar-refractivity contribution in [2.24, 2.45) is 5.73 Å². The van der Waals surface area contributed by atoms with Gasteiger partial charge in [0.1, 0.15) is 0 Å². The van der Waals surface area contributed by atoms with E-state index in [4.69, 9.17) is 5.73 Å². The second kappa shape index (κ2) is 3.53. The number of primary amides is 1. The number of nitrogens with two attached hydrogens (primary N) is 1. The van der Waals surface area contributed by atoms with Gasteiger partial charge in [0.15, 0.2) is 5.69 Å². The number of amides is 1. The first kappa shape index (κ1) is 9.39. The highest BCUT2D eigenvalue weighted by Crippen LogP contribution is 2.11. The van der Waals surface area contributed by atoms with E-state index in [-0.39, 0.29) is 5.69 Å². The Morgan fingerprint density at radius 3 is 2.73 bits per heavy atom. The van der Waals surface area contributed by atoms with Crippen LogP contribution in [0, 0.1) is 6.92 Å². The number of benzene rings is 1. The average molecular weight is 202 g/mol. The SMILES string of the molecule is Cc1ccccc1-n1cc(C(N)=O)nn1. The molecule has 76 valence electrons. The van der Waals surface area contributed by atoms with E-state index in [0.29, 0.717) is 0 Å². The lowest BCUT2D eigenvalue weighted by Gasteiger charge is -2.02. The molecule has 0 aliphatic heterocycles. The van der Waals surface area contributed by atoms with Gasteiger partial charge in [-0.15, -0.1) is 5.10 Å². The Bertz CT molecular complexity index is 504. The maximum Gasteiger partial charge on any atom is 0.270 e. The van der Waals surface area contributed by atoms with Gasteiger partial charge in [0.05, 0.1) is 11.9 Å². The molecule has 0 atom stereocenters. The normalized spacial score (nSPS) is 10.2.